The maximum absolute atomic E-state index is 11.8. The van der Waals surface area contributed by atoms with Crippen LogP contribution in [0.15, 0.2) is 10.5 Å². The summed E-state index contributed by atoms with van der Waals surface area (Å²) in [6, 6.07) is 1.58. The van der Waals surface area contributed by atoms with Gasteiger partial charge in [-0.3, -0.25) is 4.79 Å². The first-order valence-corrected chi connectivity index (χ1v) is 6.16. The summed E-state index contributed by atoms with van der Waals surface area (Å²) in [6.07, 6.45) is 0. The number of carbonyl (C=O) groups is 2. The van der Waals surface area contributed by atoms with Crippen molar-refractivity contribution in [3.63, 3.8) is 0 Å². The third-order valence-electron chi connectivity index (χ3n) is 2.44. The molecule has 2 heterocycles. The molecule has 2 aromatic heterocycles. The van der Waals surface area contributed by atoms with Gasteiger partial charge in [0.1, 0.15) is 10.6 Å². The lowest BCUT2D eigenvalue weighted by Gasteiger charge is -2.00. The van der Waals surface area contributed by atoms with E-state index in [1.807, 2.05) is 0 Å². The maximum Gasteiger partial charge on any atom is 0.372 e. The molecule has 1 amide bonds. The van der Waals surface area contributed by atoms with E-state index in [4.69, 9.17) is 9.52 Å². The lowest BCUT2D eigenvalue weighted by atomic mass is 10.2. The van der Waals surface area contributed by atoms with Crippen molar-refractivity contribution in [1.29, 1.82) is 0 Å². The van der Waals surface area contributed by atoms with Gasteiger partial charge in [0.05, 0.1) is 12.2 Å². The first-order valence-electron chi connectivity index (χ1n) is 5.38. The van der Waals surface area contributed by atoms with Gasteiger partial charge in [0.25, 0.3) is 5.91 Å². The van der Waals surface area contributed by atoms with Gasteiger partial charge in [-0.15, -0.1) is 5.10 Å². The second-order valence-electron chi connectivity index (χ2n) is 3.90. The summed E-state index contributed by atoms with van der Waals surface area (Å²) in [7, 11) is 0. The molecule has 0 saturated carbocycles. The third-order valence-corrected chi connectivity index (χ3v) is 3.27. The predicted octanol–water partition coefficient (Wildman–Crippen LogP) is 1.38. The van der Waals surface area contributed by atoms with Crippen LogP contribution in [0.5, 0.6) is 0 Å². The highest BCUT2D eigenvalue weighted by Crippen LogP contribution is 2.15. The minimum atomic E-state index is -1.13. The van der Waals surface area contributed by atoms with Gasteiger partial charge >= 0.3 is 5.97 Å². The zero-order valence-corrected chi connectivity index (χ0v) is 11.1. The molecule has 2 rings (SSSR count). The Morgan fingerprint density at radius 3 is 2.74 bits per heavy atom. The van der Waals surface area contributed by atoms with Crippen LogP contribution in [0.1, 0.15) is 37.2 Å². The number of nitrogens with zero attached hydrogens (tertiary/aromatic N) is 2. The predicted molar refractivity (Wildman–Crippen MR) is 66.2 cm³/mol. The van der Waals surface area contributed by atoms with E-state index < -0.39 is 5.97 Å². The van der Waals surface area contributed by atoms with Gasteiger partial charge in [-0.2, -0.15) is 0 Å². The Kier molecular flexibility index (Phi) is 3.61. The number of aromatic carboxylic acids is 1. The van der Waals surface area contributed by atoms with Gasteiger partial charge in [-0.05, 0) is 31.4 Å². The van der Waals surface area contributed by atoms with E-state index in [-0.39, 0.29) is 18.2 Å². The number of carboxylic acids is 1. The van der Waals surface area contributed by atoms with E-state index in [0.29, 0.717) is 21.9 Å². The molecule has 8 heteroatoms. The number of carboxylic acid groups (broad SMARTS) is 1. The van der Waals surface area contributed by atoms with Crippen LogP contribution in [0.2, 0.25) is 0 Å². The minimum absolute atomic E-state index is 0.111. The normalized spacial score (nSPS) is 10.4. The third kappa shape index (κ3) is 2.79. The van der Waals surface area contributed by atoms with Crippen LogP contribution in [-0.2, 0) is 6.54 Å². The van der Waals surface area contributed by atoms with Crippen molar-refractivity contribution in [2.24, 2.45) is 0 Å². The Balaban J connectivity index is 2.03. The first-order chi connectivity index (χ1) is 8.99. The fraction of sp³-hybridized carbons (Fsp3) is 0.273. The smallest absolute Gasteiger partial charge is 0.372 e. The van der Waals surface area contributed by atoms with Crippen molar-refractivity contribution in [2.75, 3.05) is 0 Å². The number of aromatic nitrogens is 2. The number of hydrogen-bond acceptors (Lipinski definition) is 6. The van der Waals surface area contributed by atoms with Crippen LogP contribution in [0, 0.1) is 13.8 Å². The van der Waals surface area contributed by atoms with Crippen LogP contribution >= 0.6 is 11.5 Å². The average molecular weight is 281 g/mol. The van der Waals surface area contributed by atoms with Crippen LogP contribution in [0.3, 0.4) is 0 Å². The second kappa shape index (κ2) is 5.19. The molecule has 0 aliphatic rings. The molecule has 0 radical (unpaired) electrons. The highest BCUT2D eigenvalue weighted by molar-refractivity contribution is 7.07. The van der Waals surface area contributed by atoms with E-state index in [9.17, 15) is 9.59 Å². The summed E-state index contributed by atoms with van der Waals surface area (Å²) >= 11 is 1.01. The molecule has 0 atom stereocenters. The van der Waals surface area contributed by atoms with E-state index in [1.165, 1.54) is 0 Å². The standard InChI is InChI=1S/C11H11N3O4S/c1-5-3-7(18-8(5)11(16)17)4-12-10(15)9-6(2)13-14-19-9/h3H,4H2,1-2H3,(H,12,15)(H,16,17). The monoisotopic (exact) mass is 281 g/mol. The van der Waals surface area contributed by atoms with Gasteiger partial charge in [-0.1, -0.05) is 4.49 Å². The van der Waals surface area contributed by atoms with E-state index in [1.54, 1.807) is 19.9 Å². The largest absolute Gasteiger partial charge is 0.475 e. The SMILES string of the molecule is Cc1cc(CNC(=O)c2snnc2C)oc1C(=O)O. The molecule has 7 nitrogen and oxygen atoms in total. The molecular formula is C11H11N3O4S. The number of nitrogens with one attached hydrogen (secondary N) is 1. The molecule has 0 unspecified atom stereocenters. The highest BCUT2D eigenvalue weighted by atomic mass is 32.1. The molecule has 19 heavy (non-hydrogen) atoms. The molecule has 0 bridgehead atoms. The summed E-state index contributed by atoms with van der Waals surface area (Å²) in [5, 5.41) is 15.2. The number of rotatable bonds is 4. The van der Waals surface area contributed by atoms with Crippen molar-refractivity contribution < 1.29 is 19.1 Å². The Morgan fingerprint density at radius 2 is 2.21 bits per heavy atom. The lowest BCUT2D eigenvalue weighted by Crippen LogP contribution is -2.22. The average Bonchev–Trinajstić information content (AvgIpc) is 2.92. The highest BCUT2D eigenvalue weighted by Gasteiger charge is 2.16. The van der Waals surface area contributed by atoms with Gasteiger partial charge in [0, 0.05) is 5.56 Å². The zero-order valence-electron chi connectivity index (χ0n) is 10.3. The van der Waals surface area contributed by atoms with Crippen molar-refractivity contribution in [2.45, 2.75) is 20.4 Å². The number of furan rings is 1. The maximum atomic E-state index is 11.8. The summed E-state index contributed by atoms with van der Waals surface area (Å²) in [4.78, 5) is 23.0. The van der Waals surface area contributed by atoms with Gasteiger partial charge in [0.2, 0.25) is 5.76 Å². The Bertz CT molecular complexity index is 632. The number of aryl methyl sites for hydroxylation is 2. The van der Waals surface area contributed by atoms with E-state index >= 15 is 0 Å². The zero-order chi connectivity index (χ0) is 14.0. The molecule has 0 aliphatic heterocycles. The van der Waals surface area contributed by atoms with Crippen molar-refractivity contribution in [1.82, 2.24) is 14.9 Å². The van der Waals surface area contributed by atoms with Crippen LogP contribution in [-0.4, -0.2) is 26.6 Å². The van der Waals surface area contributed by atoms with E-state index in [2.05, 4.69) is 14.9 Å². The molecule has 0 saturated heterocycles. The number of carbonyl (C=O) groups excluding carboxylic acids is 1. The molecule has 0 spiro atoms. The number of amides is 1. The molecule has 2 aromatic rings. The quantitative estimate of drug-likeness (QED) is 0.877. The lowest BCUT2D eigenvalue weighted by molar-refractivity contribution is 0.0659. The van der Waals surface area contributed by atoms with Crippen molar-refractivity contribution in [3.8, 4) is 0 Å². The molecule has 0 fully saturated rings. The van der Waals surface area contributed by atoms with Crippen LogP contribution in [0.4, 0.5) is 0 Å². The van der Waals surface area contributed by atoms with E-state index in [0.717, 1.165) is 11.5 Å². The Morgan fingerprint density at radius 1 is 1.47 bits per heavy atom. The van der Waals surface area contributed by atoms with Gasteiger partial charge in [0.15, 0.2) is 0 Å². The fourth-order valence-corrected chi connectivity index (χ4v) is 2.11. The van der Waals surface area contributed by atoms with Gasteiger partial charge in [-0.25, -0.2) is 4.79 Å². The topological polar surface area (TPSA) is 105 Å². The minimum Gasteiger partial charge on any atom is -0.475 e. The van der Waals surface area contributed by atoms with Crippen molar-refractivity contribution in [3.05, 3.63) is 33.7 Å². The first kappa shape index (κ1) is 13.2. The summed E-state index contributed by atoms with van der Waals surface area (Å²) in [5.74, 6) is -1.16. The Hall–Kier alpha value is -2.22. The molecule has 0 aromatic carbocycles. The summed E-state index contributed by atoms with van der Waals surface area (Å²) in [5.41, 5.74) is 1.08. The molecular weight excluding hydrogens is 270 g/mol. The summed E-state index contributed by atoms with van der Waals surface area (Å²) in [6.45, 7) is 3.44. The molecule has 0 aliphatic carbocycles. The Labute approximate surface area is 112 Å². The van der Waals surface area contributed by atoms with Gasteiger partial charge < -0.3 is 14.8 Å². The fourth-order valence-electron chi connectivity index (χ4n) is 1.53. The van der Waals surface area contributed by atoms with Crippen LogP contribution in [0.25, 0.3) is 0 Å². The molecule has 100 valence electrons. The van der Waals surface area contributed by atoms with Crippen LogP contribution < -0.4 is 5.32 Å². The summed E-state index contributed by atoms with van der Waals surface area (Å²) < 4.78 is 8.80. The number of hydrogen-bond donors (Lipinski definition) is 2. The second-order valence-corrected chi connectivity index (χ2v) is 4.65. The van der Waals surface area contributed by atoms with Crippen molar-refractivity contribution >= 4 is 23.4 Å². The molecule has 2 N–H and O–H groups in total.